The summed E-state index contributed by atoms with van der Waals surface area (Å²) in [5.74, 6) is 0. The van der Waals surface area contributed by atoms with E-state index in [1.807, 2.05) is 13.8 Å². The van der Waals surface area contributed by atoms with Crippen molar-refractivity contribution in [1.29, 1.82) is 0 Å². The number of nitrogens with one attached hydrogen (secondary N) is 2. The van der Waals surface area contributed by atoms with Crippen molar-refractivity contribution in [2.45, 2.75) is 25.2 Å². The first-order chi connectivity index (χ1) is 9.34. The van der Waals surface area contributed by atoms with Crippen LogP contribution in [-0.4, -0.2) is 34.8 Å². The van der Waals surface area contributed by atoms with Gasteiger partial charge in [0.2, 0.25) is 0 Å². The fraction of sp³-hybridized carbons (Fsp3) is 0.500. The number of hydrogen-bond acceptors (Lipinski definition) is 3. The van der Waals surface area contributed by atoms with E-state index in [-0.39, 0.29) is 18.1 Å². The third-order valence-electron chi connectivity index (χ3n) is 2.94. The van der Waals surface area contributed by atoms with Gasteiger partial charge in [0.05, 0.1) is 0 Å². The van der Waals surface area contributed by atoms with E-state index >= 15 is 0 Å². The van der Waals surface area contributed by atoms with E-state index in [0.717, 1.165) is 0 Å². The zero-order valence-electron chi connectivity index (χ0n) is 12.1. The molecule has 0 saturated heterocycles. The van der Waals surface area contributed by atoms with Crippen molar-refractivity contribution in [3.8, 4) is 0 Å². The van der Waals surface area contributed by atoms with Gasteiger partial charge in [0.1, 0.15) is 0 Å². The molecule has 0 aromatic heterocycles. The maximum Gasteiger partial charge on any atom is 0.319 e. The van der Waals surface area contributed by atoms with Crippen molar-refractivity contribution in [3.05, 3.63) is 24.3 Å². The van der Waals surface area contributed by atoms with Gasteiger partial charge in [-0.3, -0.25) is 4.21 Å². The summed E-state index contributed by atoms with van der Waals surface area (Å²) in [5, 5.41) is 14.4. The van der Waals surface area contributed by atoms with Crippen LogP contribution in [0.4, 0.5) is 10.5 Å². The molecule has 0 aliphatic heterocycles. The predicted molar refractivity (Wildman–Crippen MR) is 81.3 cm³/mol. The lowest BCUT2D eigenvalue weighted by Gasteiger charge is -2.23. The molecular weight excluding hydrogens is 276 g/mol. The quantitative estimate of drug-likeness (QED) is 0.751. The Morgan fingerprint density at radius 1 is 1.40 bits per heavy atom. The van der Waals surface area contributed by atoms with Crippen molar-refractivity contribution in [3.63, 3.8) is 0 Å². The summed E-state index contributed by atoms with van der Waals surface area (Å²) in [6, 6.07) is 6.63. The van der Waals surface area contributed by atoms with Crippen LogP contribution >= 0.6 is 0 Å². The van der Waals surface area contributed by atoms with Crippen molar-refractivity contribution in [1.82, 2.24) is 5.32 Å². The minimum atomic E-state index is -1.07. The number of amides is 2. The Labute approximate surface area is 122 Å². The molecule has 1 rings (SSSR count). The number of anilines is 1. The van der Waals surface area contributed by atoms with Crippen LogP contribution < -0.4 is 10.6 Å². The van der Waals surface area contributed by atoms with Crippen LogP contribution in [0, 0.1) is 5.41 Å². The van der Waals surface area contributed by atoms with Crippen molar-refractivity contribution in [2.75, 3.05) is 24.7 Å². The molecule has 0 bridgehead atoms. The summed E-state index contributed by atoms with van der Waals surface area (Å²) >= 11 is 0. The second-order valence-electron chi connectivity index (χ2n) is 5.43. The lowest BCUT2D eigenvalue weighted by molar-refractivity contribution is 0.204. The first-order valence-electron chi connectivity index (χ1n) is 6.43. The van der Waals surface area contributed by atoms with E-state index in [0.29, 0.717) is 23.5 Å². The molecule has 0 aliphatic carbocycles. The number of hydrogen-bond donors (Lipinski definition) is 3. The molecule has 1 aromatic carbocycles. The summed E-state index contributed by atoms with van der Waals surface area (Å²) in [5.41, 5.74) is 0.453. The predicted octanol–water partition coefficient (Wildman–Crippen LogP) is 1.95. The van der Waals surface area contributed by atoms with Crippen LogP contribution in [0.3, 0.4) is 0 Å². The fourth-order valence-electron chi connectivity index (χ4n) is 1.64. The zero-order valence-corrected chi connectivity index (χ0v) is 12.9. The molecule has 112 valence electrons. The van der Waals surface area contributed by atoms with E-state index in [1.165, 1.54) is 0 Å². The molecule has 0 spiro atoms. The van der Waals surface area contributed by atoms with Crippen LogP contribution in [-0.2, 0) is 10.8 Å². The van der Waals surface area contributed by atoms with Crippen molar-refractivity contribution < 1.29 is 14.1 Å². The number of aliphatic hydroxyl groups excluding tert-OH is 1. The van der Waals surface area contributed by atoms with Gasteiger partial charge < -0.3 is 15.7 Å². The van der Waals surface area contributed by atoms with Crippen LogP contribution in [0.15, 0.2) is 29.2 Å². The minimum absolute atomic E-state index is 0.0979. The highest BCUT2D eigenvalue weighted by molar-refractivity contribution is 7.84. The smallest absolute Gasteiger partial charge is 0.319 e. The highest BCUT2D eigenvalue weighted by Gasteiger charge is 2.18. The van der Waals surface area contributed by atoms with E-state index in [2.05, 4.69) is 10.6 Å². The molecular formula is C14H22N2O3S. The van der Waals surface area contributed by atoms with Gasteiger partial charge in [-0.05, 0) is 30.0 Å². The summed E-state index contributed by atoms with van der Waals surface area (Å²) in [6.45, 7) is 4.52. The third kappa shape index (κ3) is 5.71. The first-order valence-corrected chi connectivity index (χ1v) is 7.99. The standard InChI is InChI=1S/C14H22N2O3S/c1-14(2,7-8-17)10-15-13(18)16-11-5-4-6-12(9-11)20(3)19/h4-6,9,17H,7-8,10H2,1-3H3,(H2,15,16,18). The van der Waals surface area contributed by atoms with E-state index in [4.69, 9.17) is 5.11 Å². The Morgan fingerprint density at radius 3 is 2.70 bits per heavy atom. The molecule has 2 amide bonds. The largest absolute Gasteiger partial charge is 0.396 e. The molecule has 5 nitrogen and oxygen atoms in total. The maximum absolute atomic E-state index is 11.8. The number of aliphatic hydroxyl groups is 1. The lowest BCUT2D eigenvalue weighted by atomic mass is 9.90. The fourth-order valence-corrected chi connectivity index (χ4v) is 2.20. The van der Waals surface area contributed by atoms with Gasteiger partial charge in [0.25, 0.3) is 0 Å². The number of rotatable bonds is 6. The van der Waals surface area contributed by atoms with Gasteiger partial charge in [-0.2, -0.15) is 0 Å². The van der Waals surface area contributed by atoms with E-state index in [1.54, 1.807) is 30.5 Å². The molecule has 1 atom stereocenters. The molecule has 0 saturated carbocycles. The van der Waals surface area contributed by atoms with Gasteiger partial charge in [0, 0.05) is 40.8 Å². The average molecular weight is 298 g/mol. The maximum atomic E-state index is 11.8. The van der Waals surface area contributed by atoms with E-state index in [9.17, 15) is 9.00 Å². The summed E-state index contributed by atoms with van der Waals surface area (Å²) in [4.78, 5) is 12.5. The summed E-state index contributed by atoms with van der Waals surface area (Å²) in [7, 11) is -1.07. The lowest BCUT2D eigenvalue weighted by Crippen LogP contribution is -2.37. The highest BCUT2D eigenvalue weighted by atomic mass is 32.2. The first kappa shape index (κ1) is 16.7. The molecule has 20 heavy (non-hydrogen) atoms. The molecule has 1 aromatic rings. The number of carbonyl (C=O) groups excluding carboxylic acids is 1. The van der Waals surface area contributed by atoms with Crippen molar-refractivity contribution in [2.24, 2.45) is 5.41 Å². The Balaban J connectivity index is 2.54. The van der Waals surface area contributed by atoms with Crippen molar-refractivity contribution >= 4 is 22.5 Å². The Kier molecular flexibility index (Phi) is 6.16. The monoisotopic (exact) mass is 298 g/mol. The summed E-state index contributed by atoms with van der Waals surface area (Å²) < 4.78 is 11.4. The van der Waals surface area contributed by atoms with Gasteiger partial charge in [-0.15, -0.1) is 0 Å². The molecule has 0 fully saturated rings. The average Bonchev–Trinajstić information content (AvgIpc) is 2.37. The van der Waals surface area contributed by atoms with Gasteiger partial charge >= 0.3 is 6.03 Å². The molecule has 3 N–H and O–H groups in total. The zero-order chi connectivity index (χ0) is 15.2. The topological polar surface area (TPSA) is 78.4 Å². The Bertz CT molecular complexity index is 489. The van der Waals surface area contributed by atoms with Crippen LogP contribution in [0.5, 0.6) is 0 Å². The van der Waals surface area contributed by atoms with Crippen LogP contribution in [0.1, 0.15) is 20.3 Å². The van der Waals surface area contributed by atoms with Gasteiger partial charge in [-0.1, -0.05) is 19.9 Å². The minimum Gasteiger partial charge on any atom is -0.396 e. The second kappa shape index (κ2) is 7.40. The van der Waals surface area contributed by atoms with Gasteiger partial charge in [0.15, 0.2) is 0 Å². The third-order valence-corrected chi connectivity index (χ3v) is 3.86. The number of benzene rings is 1. The number of urea groups is 1. The number of carbonyl (C=O) groups is 1. The van der Waals surface area contributed by atoms with Crippen LogP contribution in [0.2, 0.25) is 0 Å². The van der Waals surface area contributed by atoms with E-state index < -0.39 is 10.8 Å². The Morgan fingerprint density at radius 2 is 2.10 bits per heavy atom. The molecule has 6 heteroatoms. The second-order valence-corrected chi connectivity index (χ2v) is 6.81. The summed E-state index contributed by atoms with van der Waals surface area (Å²) in [6.07, 6.45) is 2.22. The SMILES string of the molecule is CS(=O)c1cccc(NC(=O)NCC(C)(C)CCO)c1. The normalized spacial score (nSPS) is 12.8. The van der Waals surface area contributed by atoms with Crippen LogP contribution in [0.25, 0.3) is 0 Å². The van der Waals surface area contributed by atoms with Gasteiger partial charge in [-0.25, -0.2) is 4.79 Å². The molecule has 0 radical (unpaired) electrons. The molecule has 1 unspecified atom stereocenters. The Hall–Kier alpha value is -1.40. The highest BCUT2D eigenvalue weighted by Crippen LogP contribution is 2.18. The molecule has 0 aliphatic rings. The molecule has 0 heterocycles.